The van der Waals surface area contributed by atoms with Crippen LogP contribution in [0.15, 0.2) is 30.3 Å². The molecule has 0 fully saturated rings. The van der Waals surface area contributed by atoms with Gasteiger partial charge in [0.05, 0.1) is 0 Å². The number of aromatic nitrogens is 2. The lowest BCUT2D eigenvalue weighted by Gasteiger charge is -2.11. The van der Waals surface area contributed by atoms with Gasteiger partial charge < -0.3 is 10.1 Å². The molecule has 0 aliphatic rings. The van der Waals surface area contributed by atoms with Crippen LogP contribution in [0.5, 0.6) is 0 Å². The Labute approximate surface area is 130 Å². The van der Waals surface area contributed by atoms with E-state index in [0.29, 0.717) is 6.04 Å². The number of hydrogen-bond donors (Lipinski definition) is 1. The lowest BCUT2D eigenvalue weighted by Crippen LogP contribution is -2.23. The van der Waals surface area contributed by atoms with Crippen molar-refractivity contribution in [3.8, 4) is 0 Å². The van der Waals surface area contributed by atoms with Crippen LogP contribution in [-0.4, -0.2) is 29.9 Å². The molecular formula is C16H23N3OS. The van der Waals surface area contributed by atoms with E-state index in [1.165, 1.54) is 0 Å². The standard InChI is InChI=1S/C16H23N3OS/c1-12(2)17-11-7-10-14-18-19-16(21-14)15(20-3)13-8-5-4-6-9-13/h4-6,8-9,12,15,17H,7,10-11H2,1-3H3. The van der Waals surface area contributed by atoms with Crippen molar-refractivity contribution in [1.29, 1.82) is 0 Å². The number of hydrogen-bond acceptors (Lipinski definition) is 5. The van der Waals surface area contributed by atoms with Crippen molar-refractivity contribution in [2.75, 3.05) is 13.7 Å². The van der Waals surface area contributed by atoms with Crippen LogP contribution in [0.2, 0.25) is 0 Å². The number of aryl methyl sites for hydroxylation is 1. The molecule has 5 heteroatoms. The lowest BCUT2D eigenvalue weighted by molar-refractivity contribution is 0.135. The molecule has 2 rings (SSSR count). The fourth-order valence-corrected chi connectivity index (χ4v) is 3.10. The van der Waals surface area contributed by atoms with E-state index in [4.69, 9.17) is 4.74 Å². The summed E-state index contributed by atoms with van der Waals surface area (Å²) in [6.07, 6.45) is 1.92. The molecular weight excluding hydrogens is 282 g/mol. The zero-order valence-corrected chi connectivity index (χ0v) is 13.7. The van der Waals surface area contributed by atoms with Gasteiger partial charge in [-0.2, -0.15) is 0 Å². The highest BCUT2D eigenvalue weighted by Gasteiger charge is 2.18. The summed E-state index contributed by atoms with van der Waals surface area (Å²) in [6, 6.07) is 10.7. The van der Waals surface area contributed by atoms with Gasteiger partial charge in [-0.3, -0.25) is 0 Å². The molecule has 0 saturated heterocycles. The number of nitrogens with zero attached hydrogens (tertiary/aromatic N) is 2. The number of nitrogens with one attached hydrogen (secondary N) is 1. The van der Waals surface area contributed by atoms with Crippen molar-refractivity contribution in [2.45, 2.75) is 38.8 Å². The fraction of sp³-hybridized carbons (Fsp3) is 0.500. The van der Waals surface area contributed by atoms with E-state index in [1.807, 2.05) is 18.2 Å². The summed E-state index contributed by atoms with van der Waals surface area (Å²) >= 11 is 1.64. The third-order valence-electron chi connectivity index (χ3n) is 3.16. The molecule has 0 bridgehead atoms. The largest absolute Gasteiger partial charge is 0.369 e. The molecule has 0 saturated carbocycles. The minimum atomic E-state index is -0.119. The van der Waals surface area contributed by atoms with Crippen LogP contribution >= 0.6 is 11.3 Å². The molecule has 1 atom stereocenters. The van der Waals surface area contributed by atoms with Gasteiger partial charge in [0.1, 0.15) is 11.1 Å². The Balaban J connectivity index is 1.95. The molecule has 1 heterocycles. The van der Waals surface area contributed by atoms with Crippen LogP contribution in [0.3, 0.4) is 0 Å². The van der Waals surface area contributed by atoms with Crippen molar-refractivity contribution in [1.82, 2.24) is 15.5 Å². The van der Waals surface area contributed by atoms with Gasteiger partial charge in [-0.05, 0) is 18.5 Å². The Kier molecular flexibility index (Phi) is 6.29. The highest BCUT2D eigenvalue weighted by atomic mass is 32.1. The topological polar surface area (TPSA) is 47.0 Å². The fourth-order valence-electron chi connectivity index (χ4n) is 2.11. The maximum absolute atomic E-state index is 5.59. The SMILES string of the molecule is COC(c1ccccc1)c1nnc(CCCNC(C)C)s1. The molecule has 4 nitrogen and oxygen atoms in total. The third-order valence-corrected chi connectivity index (χ3v) is 4.19. The summed E-state index contributed by atoms with van der Waals surface area (Å²) in [5, 5.41) is 14.0. The minimum absolute atomic E-state index is 0.119. The quantitative estimate of drug-likeness (QED) is 0.761. The van der Waals surface area contributed by atoms with Gasteiger partial charge in [0.15, 0.2) is 5.01 Å². The first-order chi connectivity index (χ1) is 10.2. The lowest BCUT2D eigenvalue weighted by atomic mass is 10.1. The van der Waals surface area contributed by atoms with Crippen LogP contribution in [0.1, 0.15) is 42.0 Å². The molecule has 1 aromatic heterocycles. The molecule has 0 aliphatic carbocycles. The predicted molar refractivity (Wildman–Crippen MR) is 86.7 cm³/mol. The van der Waals surface area contributed by atoms with Gasteiger partial charge in [-0.1, -0.05) is 55.5 Å². The summed E-state index contributed by atoms with van der Waals surface area (Å²) < 4.78 is 5.59. The monoisotopic (exact) mass is 305 g/mol. The number of benzene rings is 1. The van der Waals surface area contributed by atoms with E-state index < -0.39 is 0 Å². The summed E-state index contributed by atoms with van der Waals surface area (Å²) in [5.74, 6) is 0. The van der Waals surface area contributed by atoms with Crippen molar-refractivity contribution in [2.24, 2.45) is 0 Å². The van der Waals surface area contributed by atoms with Gasteiger partial charge >= 0.3 is 0 Å². The van der Waals surface area contributed by atoms with E-state index in [0.717, 1.165) is 35.0 Å². The summed E-state index contributed by atoms with van der Waals surface area (Å²) in [7, 11) is 1.71. The van der Waals surface area contributed by atoms with Crippen molar-refractivity contribution >= 4 is 11.3 Å². The highest BCUT2D eigenvalue weighted by Crippen LogP contribution is 2.27. The Bertz CT molecular complexity index is 527. The Morgan fingerprint density at radius 1 is 1.19 bits per heavy atom. The van der Waals surface area contributed by atoms with Gasteiger partial charge in [0, 0.05) is 19.6 Å². The normalized spacial score (nSPS) is 12.8. The van der Waals surface area contributed by atoms with Crippen molar-refractivity contribution in [3.05, 3.63) is 45.9 Å². The van der Waals surface area contributed by atoms with Crippen LogP contribution < -0.4 is 5.32 Å². The third kappa shape index (κ3) is 4.88. The molecule has 1 aromatic carbocycles. The maximum atomic E-state index is 5.59. The second kappa shape index (κ2) is 8.22. The molecule has 2 aromatic rings. The van der Waals surface area contributed by atoms with Gasteiger partial charge in [-0.15, -0.1) is 10.2 Å². The zero-order valence-electron chi connectivity index (χ0n) is 12.9. The smallest absolute Gasteiger partial charge is 0.151 e. The molecule has 114 valence electrons. The Morgan fingerprint density at radius 3 is 2.62 bits per heavy atom. The molecule has 1 unspecified atom stereocenters. The molecule has 0 spiro atoms. The molecule has 0 radical (unpaired) electrons. The second-order valence-electron chi connectivity index (χ2n) is 5.27. The summed E-state index contributed by atoms with van der Waals surface area (Å²) in [5.41, 5.74) is 1.11. The average molecular weight is 305 g/mol. The van der Waals surface area contributed by atoms with Crippen molar-refractivity contribution in [3.63, 3.8) is 0 Å². The maximum Gasteiger partial charge on any atom is 0.151 e. The predicted octanol–water partition coefficient (Wildman–Crippen LogP) is 3.20. The molecule has 1 N–H and O–H groups in total. The van der Waals surface area contributed by atoms with Crippen LogP contribution in [-0.2, 0) is 11.2 Å². The van der Waals surface area contributed by atoms with Crippen molar-refractivity contribution < 1.29 is 4.74 Å². The summed E-state index contributed by atoms with van der Waals surface area (Å²) in [4.78, 5) is 0. The van der Waals surface area contributed by atoms with E-state index >= 15 is 0 Å². The van der Waals surface area contributed by atoms with Gasteiger partial charge in [0.25, 0.3) is 0 Å². The average Bonchev–Trinajstić information content (AvgIpc) is 2.94. The second-order valence-corrected chi connectivity index (χ2v) is 6.37. The van der Waals surface area contributed by atoms with Crippen LogP contribution in [0, 0.1) is 0 Å². The minimum Gasteiger partial charge on any atom is -0.369 e. The van der Waals surface area contributed by atoms with Gasteiger partial charge in [0.2, 0.25) is 0 Å². The van der Waals surface area contributed by atoms with Gasteiger partial charge in [-0.25, -0.2) is 0 Å². The molecule has 0 amide bonds. The number of rotatable bonds is 8. The Morgan fingerprint density at radius 2 is 1.95 bits per heavy atom. The Hall–Kier alpha value is -1.30. The molecule has 21 heavy (non-hydrogen) atoms. The van der Waals surface area contributed by atoms with E-state index in [2.05, 4.69) is 41.5 Å². The summed E-state index contributed by atoms with van der Waals surface area (Å²) in [6.45, 7) is 5.33. The van der Waals surface area contributed by atoms with E-state index in [-0.39, 0.29) is 6.10 Å². The number of methoxy groups -OCH3 is 1. The number of ether oxygens (including phenoxy) is 1. The first-order valence-corrected chi connectivity index (χ1v) is 8.15. The molecule has 0 aliphatic heterocycles. The zero-order chi connectivity index (χ0) is 15.1. The van der Waals surface area contributed by atoms with E-state index in [9.17, 15) is 0 Å². The van der Waals surface area contributed by atoms with Crippen LogP contribution in [0.4, 0.5) is 0 Å². The highest BCUT2D eigenvalue weighted by molar-refractivity contribution is 7.11. The van der Waals surface area contributed by atoms with Crippen LogP contribution in [0.25, 0.3) is 0 Å². The first kappa shape index (κ1) is 16.1. The van der Waals surface area contributed by atoms with E-state index in [1.54, 1.807) is 18.4 Å². The first-order valence-electron chi connectivity index (χ1n) is 7.34.